The molecule has 1 atom stereocenters. The normalized spacial score (nSPS) is 12.3. The number of fused-ring (bicyclic) bond motifs is 1. The van der Waals surface area contributed by atoms with Crippen molar-refractivity contribution in [3.8, 4) is 0 Å². The van der Waals surface area contributed by atoms with E-state index in [9.17, 15) is 9.59 Å². The zero-order valence-electron chi connectivity index (χ0n) is 16.5. The van der Waals surface area contributed by atoms with E-state index in [1.165, 1.54) is 23.1 Å². The van der Waals surface area contributed by atoms with E-state index in [-0.39, 0.29) is 16.7 Å². The number of hydrogen-bond donors (Lipinski definition) is 1. The third-order valence-electron chi connectivity index (χ3n) is 4.59. The summed E-state index contributed by atoms with van der Waals surface area (Å²) in [7, 11) is 0. The maximum absolute atomic E-state index is 13.0. The van der Waals surface area contributed by atoms with Crippen LogP contribution in [0.4, 0.5) is 5.69 Å². The lowest BCUT2D eigenvalue weighted by molar-refractivity contribution is -0.115. The summed E-state index contributed by atoms with van der Waals surface area (Å²) in [6.07, 6.45) is 1.98. The minimum atomic E-state index is -0.390. The molecule has 148 valence electrons. The van der Waals surface area contributed by atoms with E-state index in [1.807, 2.05) is 58.2 Å². The quantitative estimate of drug-likeness (QED) is 0.441. The van der Waals surface area contributed by atoms with Crippen LogP contribution in [-0.4, -0.2) is 27.0 Å². The number of nitrogens with one attached hydrogen (secondary N) is 1. The third-order valence-corrected chi connectivity index (χ3v) is 7.57. The molecule has 1 aromatic carbocycles. The van der Waals surface area contributed by atoms with Gasteiger partial charge in [0.25, 0.3) is 5.56 Å². The lowest BCUT2D eigenvalue weighted by Gasteiger charge is -2.16. The number of thiophene rings is 1. The van der Waals surface area contributed by atoms with Crippen LogP contribution in [-0.2, 0) is 11.3 Å². The zero-order chi connectivity index (χ0) is 20.4. The number of anilines is 1. The molecule has 0 radical (unpaired) electrons. The van der Waals surface area contributed by atoms with Crippen molar-refractivity contribution in [1.82, 2.24) is 9.55 Å². The Balaban J connectivity index is 1.89. The molecule has 0 saturated heterocycles. The number of rotatable bonds is 6. The van der Waals surface area contributed by atoms with E-state index in [0.29, 0.717) is 17.1 Å². The van der Waals surface area contributed by atoms with E-state index in [4.69, 9.17) is 4.98 Å². The van der Waals surface area contributed by atoms with Gasteiger partial charge in [-0.3, -0.25) is 14.2 Å². The molecule has 0 aliphatic carbocycles. The number of benzene rings is 1. The van der Waals surface area contributed by atoms with Crippen molar-refractivity contribution in [3.05, 3.63) is 45.1 Å². The molecule has 1 unspecified atom stereocenters. The van der Waals surface area contributed by atoms with Crippen molar-refractivity contribution in [1.29, 1.82) is 0 Å². The summed E-state index contributed by atoms with van der Waals surface area (Å²) >= 11 is 4.44. The van der Waals surface area contributed by atoms with Crippen molar-refractivity contribution < 1.29 is 4.79 Å². The molecule has 0 aliphatic rings. The van der Waals surface area contributed by atoms with E-state index in [1.54, 1.807) is 16.3 Å². The number of carbonyl (C=O) groups is 1. The van der Waals surface area contributed by atoms with Gasteiger partial charge in [0.2, 0.25) is 5.91 Å². The summed E-state index contributed by atoms with van der Waals surface area (Å²) in [6.45, 7) is 8.24. The molecule has 3 rings (SSSR count). The molecule has 0 saturated carbocycles. The van der Waals surface area contributed by atoms with Crippen LogP contribution in [0.1, 0.15) is 24.3 Å². The smallest absolute Gasteiger partial charge is 0.263 e. The highest BCUT2D eigenvalue weighted by Gasteiger charge is 2.21. The largest absolute Gasteiger partial charge is 0.324 e. The Morgan fingerprint density at radius 3 is 2.71 bits per heavy atom. The number of hydrogen-bond acceptors (Lipinski definition) is 6. The van der Waals surface area contributed by atoms with Gasteiger partial charge in [-0.1, -0.05) is 23.9 Å². The molecule has 0 aliphatic heterocycles. The second kappa shape index (κ2) is 8.71. The first-order valence-electron chi connectivity index (χ1n) is 8.98. The predicted octanol–water partition coefficient (Wildman–Crippen LogP) is 4.94. The van der Waals surface area contributed by atoms with Crippen LogP contribution in [0.15, 0.2) is 39.1 Å². The van der Waals surface area contributed by atoms with Crippen LogP contribution in [0.25, 0.3) is 10.2 Å². The van der Waals surface area contributed by atoms with Crippen molar-refractivity contribution in [2.75, 3.05) is 11.6 Å². The minimum Gasteiger partial charge on any atom is -0.324 e. The molecule has 2 heterocycles. The predicted molar refractivity (Wildman–Crippen MR) is 121 cm³/mol. The van der Waals surface area contributed by atoms with E-state index in [0.717, 1.165) is 25.9 Å². The summed E-state index contributed by atoms with van der Waals surface area (Å²) in [5.74, 6) is -0.109. The van der Waals surface area contributed by atoms with Gasteiger partial charge in [0, 0.05) is 16.3 Å². The number of aromatic nitrogens is 2. The van der Waals surface area contributed by atoms with Gasteiger partial charge in [-0.15, -0.1) is 23.1 Å². The van der Waals surface area contributed by atoms with Crippen molar-refractivity contribution in [2.45, 2.75) is 49.5 Å². The summed E-state index contributed by atoms with van der Waals surface area (Å²) in [5.41, 5.74) is 1.76. The molecule has 3 aromatic rings. The number of aryl methyl sites for hydroxylation is 2. The highest BCUT2D eigenvalue weighted by Crippen LogP contribution is 2.30. The summed E-state index contributed by atoms with van der Waals surface area (Å²) in [6, 6.07) is 7.72. The van der Waals surface area contributed by atoms with E-state index >= 15 is 0 Å². The molecule has 1 amide bonds. The van der Waals surface area contributed by atoms with Gasteiger partial charge in [-0.05, 0) is 51.6 Å². The van der Waals surface area contributed by atoms with Gasteiger partial charge in [0.1, 0.15) is 4.83 Å². The summed E-state index contributed by atoms with van der Waals surface area (Å²) < 4.78 is 1.66. The number of carbonyl (C=O) groups excluding carboxylic acids is 1. The van der Waals surface area contributed by atoms with Crippen molar-refractivity contribution in [3.63, 3.8) is 0 Å². The summed E-state index contributed by atoms with van der Waals surface area (Å²) in [5, 5.41) is 3.88. The fraction of sp³-hybridized carbons (Fsp3) is 0.350. The molecule has 0 spiro atoms. The van der Waals surface area contributed by atoms with Crippen LogP contribution < -0.4 is 10.9 Å². The second-order valence-electron chi connectivity index (χ2n) is 6.36. The van der Waals surface area contributed by atoms with Crippen LogP contribution in [0.3, 0.4) is 0 Å². The maximum atomic E-state index is 13.0. The van der Waals surface area contributed by atoms with Gasteiger partial charge in [-0.25, -0.2) is 4.98 Å². The lowest BCUT2D eigenvalue weighted by atomic mass is 10.2. The van der Waals surface area contributed by atoms with Crippen LogP contribution in [0.2, 0.25) is 0 Å². The fourth-order valence-corrected chi connectivity index (χ4v) is 5.47. The molecule has 28 heavy (non-hydrogen) atoms. The van der Waals surface area contributed by atoms with Crippen molar-refractivity contribution in [2.24, 2.45) is 0 Å². The molecule has 1 N–H and O–H groups in total. The van der Waals surface area contributed by atoms with Crippen molar-refractivity contribution >= 4 is 56.7 Å². The van der Waals surface area contributed by atoms with Crippen LogP contribution in [0.5, 0.6) is 0 Å². The Labute approximate surface area is 176 Å². The number of thioether (sulfide) groups is 2. The van der Waals surface area contributed by atoms with Gasteiger partial charge >= 0.3 is 0 Å². The van der Waals surface area contributed by atoms with Gasteiger partial charge in [0.15, 0.2) is 5.16 Å². The average molecular weight is 434 g/mol. The number of amides is 1. The Hall–Kier alpha value is -1.77. The molecule has 2 aromatic heterocycles. The van der Waals surface area contributed by atoms with Gasteiger partial charge in [0.05, 0.1) is 16.3 Å². The first kappa shape index (κ1) is 21.0. The first-order valence-corrected chi connectivity index (χ1v) is 11.9. The highest BCUT2D eigenvalue weighted by atomic mass is 32.2. The number of nitrogens with zero attached hydrogens (tertiary/aromatic N) is 2. The standard InChI is InChI=1S/C20H23N3O2S3/c1-6-23-19(25)16-11(2)12(3)27-18(16)22-20(23)28-13(4)17(24)21-14-9-7-8-10-15(14)26-5/h7-10,13H,6H2,1-5H3,(H,21,24). The second-order valence-corrected chi connectivity index (χ2v) is 9.72. The molecule has 5 nitrogen and oxygen atoms in total. The van der Waals surface area contributed by atoms with E-state index < -0.39 is 0 Å². The Kier molecular flexibility index (Phi) is 6.52. The number of para-hydroxylation sites is 1. The molecule has 0 fully saturated rings. The molecular formula is C20H23N3O2S3. The maximum Gasteiger partial charge on any atom is 0.263 e. The van der Waals surface area contributed by atoms with Gasteiger partial charge in [-0.2, -0.15) is 0 Å². The molecular weight excluding hydrogens is 410 g/mol. The molecule has 0 bridgehead atoms. The molecule has 8 heteroatoms. The average Bonchev–Trinajstić information content (AvgIpc) is 2.96. The van der Waals surface area contributed by atoms with Crippen LogP contribution >= 0.6 is 34.9 Å². The Morgan fingerprint density at radius 1 is 1.32 bits per heavy atom. The highest BCUT2D eigenvalue weighted by molar-refractivity contribution is 8.00. The Morgan fingerprint density at radius 2 is 2.04 bits per heavy atom. The minimum absolute atomic E-state index is 0.0304. The monoisotopic (exact) mass is 433 g/mol. The lowest BCUT2D eigenvalue weighted by Crippen LogP contribution is -2.26. The zero-order valence-corrected chi connectivity index (χ0v) is 19.0. The fourth-order valence-electron chi connectivity index (χ4n) is 2.87. The van der Waals surface area contributed by atoms with Gasteiger partial charge < -0.3 is 5.32 Å². The Bertz CT molecular complexity index is 1090. The topological polar surface area (TPSA) is 64.0 Å². The summed E-state index contributed by atoms with van der Waals surface area (Å²) in [4.78, 5) is 33.3. The van der Waals surface area contributed by atoms with E-state index in [2.05, 4.69) is 5.32 Å². The van der Waals surface area contributed by atoms with Crippen LogP contribution in [0, 0.1) is 13.8 Å². The SMILES string of the molecule is CCn1c(SC(C)C(=O)Nc2ccccc2SC)nc2sc(C)c(C)c2c1=O. The first-order chi connectivity index (χ1) is 13.4. The third kappa shape index (κ3) is 3.99.